The van der Waals surface area contributed by atoms with Crippen molar-refractivity contribution in [2.45, 2.75) is 0 Å². The van der Waals surface area contributed by atoms with Gasteiger partial charge >= 0.3 is 142 Å². The molecule has 0 radical (unpaired) electrons. The molecule has 3 aromatic carbocycles. The van der Waals surface area contributed by atoms with E-state index in [2.05, 4.69) is 29.2 Å². The van der Waals surface area contributed by atoms with E-state index in [0.717, 1.165) is 10.8 Å². The van der Waals surface area contributed by atoms with Crippen LogP contribution >= 0.6 is 19.8 Å². The molecular formula is C19H17IO3. The predicted octanol–water partition coefficient (Wildman–Crippen LogP) is 4.72. The van der Waals surface area contributed by atoms with Crippen molar-refractivity contribution in [2.75, 3.05) is 19.2 Å². The number of halogens is 1. The Balaban J connectivity index is 2.15. The maximum atomic E-state index is 10.5. The molecule has 0 spiro atoms. The molecule has 0 bridgehead atoms. The second kappa shape index (κ2) is 5.30. The number of fused-ring (bicyclic) bond motifs is 5. The van der Waals surface area contributed by atoms with Crippen LogP contribution in [0.2, 0.25) is 0 Å². The van der Waals surface area contributed by atoms with Crippen LogP contribution in [-0.4, -0.2) is 24.3 Å². The van der Waals surface area contributed by atoms with Crippen molar-refractivity contribution in [3.05, 3.63) is 49.6 Å². The second-order valence-corrected chi connectivity index (χ2v) is 10.5. The molecule has 0 saturated carbocycles. The van der Waals surface area contributed by atoms with Crippen molar-refractivity contribution in [1.29, 1.82) is 0 Å². The summed E-state index contributed by atoms with van der Waals surface area (Å²) < 4.78 is 13.6. The third-order valence-electron chi connectivity index (χ3n) is 4.33. The molecule has 0 fully saturated rings. The first kappa shape index (κ1) is 14.6. The van der Waals surface area contributed by atoms with Crippen molar-refractivity contribution < 1.29 is 14.6 Å². The Morgan fingerprint density at radius 3 is 2.22 bits per heavy atom. The number of aromatic hydroxyl groups is 1. The Morgan fingerprint density at radius 1 is 0.870 bits per heavy atom. The molecule has 0 unspecified atom stereocenters. The van der Waals surface area contributed by atoms with Crippen LogP contribution in [0.4, 0.5) is 0 Å². The third-order valence-corrected chi connectivity index (χ3v) is 9.60. The van der Waals surface area contributed by atoms with Gasteiger partial charge in [-0.25, -0.2) is 0 Å². The molecule has 4 rings (SSSR count). The summed E-state index contributed by atoms with van der Waals surface area (Å²) in [5, 5.41) is 12.4. The van der Waals surface area contributed by atoms with Crippen molar-refractivity contribution in [3.8, 4) is 28.4 Å². The fraction of sp³-hybridized carbons (Fsp3) is 0.158. The number of phenols is 1. The van der Waals surface area contributed by atoms with E-state index in [-0.39, 0.29) is 0 Å². The number of hydrogen-bond donors (Lipinski definition) is 1. The fourth-order valence-electron chi connectivity index (χ4n) is 3.21. The van der Waals surface area contributed by atoms with Crippen LogP contribution < -0.4 is 9.47 Å². The summed E-state index contributed by atoms with van der Waals surface area (Å²) in [5.74, 6) is 1.64. The van der Waals surface area contributed by atoms with Crippen molar-refractivity contribution >= 4 is 30.6 Å². The van der Waals surface area contributed by atoms with Gasteiger partial charge in [0, 0.05) is 0 Å². The summed E-state index contributed by atoms with van der Waals surface area (Å²) in [6.45, 7) is 0. The van der Waals surface area contributed by atoms with E-state index < -0.39 is 19.8 Å². The van der Waals surface area contributed by atoms with Gasteiger partial charge in [0.1, 0.15) is 0 Å². The van der Waals surface area contributed by atoms with Gasteiger partial charge < -0.3 is 0 Å². The molecule has 0 amide bonds. The number of ether oxygens (including phenoxy) is 2. The zero-order chi connectivity index (χ0) is 16.1. The molecule has 4 heteroatoms. The van der Waals surface area contributed by atoms with Crippen LogP contribution in [0, 0.1) is 7.14 Å². The number of rotatable bonds is 2. The molecule has 3 aromatic rings. The third kappa shape index (κ3) is 2.01. The van der Waals surface area contributed by atoms with E-state index in [1.807, 2.05) is 18.2 Å². The van der Waals surface area contributed by atoms with Gasteiger partial charge in [0.2, 0.25) is 0 Å². The van der Waals surface area contributed by atoms with Crippen molar-refractivity contribution in [3.63, 3.8) is 0 Å². The SMILES string of the molecule is COc1cc2c(O)cc3c(c2cc1OC)-c1ccccc1I3C. The molecule has 3 nitrogen and oxygen atoms in total. The Morgan fingerprint density at radius 2 is 1.52 bits per heavy atom. The van der Waals surface area contributed by atoms with Gasteiger partial charge in [0.15, 0.2) is 0 Å². The number of alkyl halides is 1. The summed E-state index contributed by atoms with van der Waals surface area (Å²) in [6, 6.07) is 14.4. The average Bonchev–Trinajstić information content (AvgIpc) is 2.87. The number of hydrogen-bond acceptors (Lipinski definition) is 3. The summed E-state index contributed by atoms with van der Waals surface area (Å²) in [6.07, 6.45) is 0. The van der Waals surface area contributed by atoms with Gasteiger partial charge in [-0.1, -0.05) is 0 Å². The van der Waals surface area contributed by atoms with Gasteiger partial charge in [-0.05, 0) is 0 Å². The molecule has 0 atom stereocenters. The summed E-state index contributed by atoms with van der Waals surface area (Å²) >= 11 is -1.45. The van der Waals surface area contributed by atoms with Crippen LogP contribution in [0.15, 0.2) is 42.5 Å². The van der Waals surface area contributed by atoms with Gasteiger partial charge in [-0.2, -0.15) is 0 Å². The Labute approximate surface area is 142 Å². The van der Waals surface area contributed by atoms with Gasteiger partial charge in [-0.3, -0.25) is 0 Å². The zero-order valence-electron chi connectivity index (χ0n) is 13.2. The van der Waals surface area contributed by atoms with E-state index in [4.69, 9.17) is 9.47 Å². The fourth-order valence-corrected chi connectivity index (χ4v) is 8.06. The minimum atomic E-state index is -1.45. The average molecular weight is 420 g/mol. The van der Waals surface area contributed by atoms with E-state index in [1.165, 1.54) is 18.3 Å². The van der Waals surface area contributed by atoms with Crippen LogP contribution in [0.25, 0.3) is 21.9 Å². The molecular weight excluding hydrogens is 403 g/mol. The molecule has 1 N–H and O–H groups in total. The normalized spacial score (nSPS) is 13.8. The van der Waals surface area contributed by atoms with E-state index in [0.29, 0.717) is 17.2 Å². The van der Waals surface area contributed by atoms with Crippen LogP contribution in [-0.2, 0) is 0 Å². The molecule has 118 valence electrons. The molecule has 1 aliphatic heterocycles. The quantitative estimate of drug-likeness (QED) is 0.482. The number of methoxy groups -OCH3 is 2. The van der Waals surface area contributed by atoms with Crippen LogP contribution in [0.1, 0.15) is 0 Å². The van der Waals surface area contributed by atoms with E-state index >= 15 is 0 Å². The molecule has 1 aliphatic rings. The summed E-state index contributed by atoms with van der Waals surface area (Å²) in [5.41, 5.74) is 2.55. The standard InChI is InChI=1S/C19H17IO3/c1-20-14-7-5-4-6-11(14)19-13-9-18(23-3)17(22-2)8-12(13)16(21)10-15(19)20/h4-10,21H,1-3H3. The van der Waals surface area contributed by atoms with Crippen molar-refractivity contribution in [1.82, 2.24) is 0 Å². The Bertz CT molecular complexity index is 934. The van der Waals surface area contributed by atoms with Gasteiger partial charge in [-0.15, -0.1) is 0 Å². The Kier molecular flexibility index (Phi) is 3.37. The molecule has 23 heavy (non-hydrogen) atoms. The van der Waals surface area contributed by atoms with E-state index in [9.17, 15) is 5.11 Å². The second-order valence-electron chi connectivity index (χ2n) is 5.46. The summed E-state index contributed by atoms with van der Waals surface area (Å²) in [7, 11) is 3.25. The first-order chi connectivity index (χ1) is 11.2. The first-order valence-corrected chi connectivity index (χ1v) is 11.6. The maximum absolute atomic E-state index is 10.5. The first-order valence-electron chi connectivity index (χ1n) is 7.26. The molecule has 0 aliphatic carbocycles. The topological polar surface area (TPSA) is 38.7 Å². The number of phenolic OH excluding ortho intramolecular Hbond substituents is 1. The predicted molar refractivity (Wildman–Crippen MR) is 101 cm³/mol. The zero-order valence-corrected chi connectivity index (χ0v) is 15.3. The van der Waals surface area contributed by atoms with Crippen molar-refractivity contribution in [2.24, 2.45) is 0 Å². The van der Waals surface area contributed by atoms with Crippen LogP contribution in [0.3, 0.4) is 0 Å². The minimum absolute atomic E-state index is 0.316. The molecule has 0 aromatic heterocycles. The molecule has 1 heterocycles. The molecule has 0 saturated heterocycles. The van der Waals surface area contributed by atoms with E-state index in [1.54, 1.807) is 14.2 Å². The summed E-state index contributed by atoms with van der Waals surface area (Å²) in [4.78, 5) is 2.33. The van der Waals surface area contributed by atoms with Gasteiger partial charge in [0.25, 0.3) is 0 Å². The Hall–Kier alpha value is -1.95. The monoisotopic (exact) mass is 420 g/mol. The van der Waals surface area contributed by atoms with Crippen LogP contribution in [0.5, 0.6) is 17.2 Å². The number of benzene rings is 3. The van der Waals surface area contributed by atoms with Gasteiger partial charge in [0.05, 0.1) is 0 Å².